The van der Waals surface area contributed by atoms with Gasteiger partial charge in [-0.05, 0) is 31.2 Å². The van der Waals surface area contributed by atoms with Crippen LogP contribution in [-0.4, -0.2) is 11.1 Å². The Labute approximate surface area is 139 Å². The molecule has 0 spiro atoms. The molecule has 0 aliphatic rings. The molecule has 0 aliphatic heterocycles. The van der Waals surface area contributed by atoms with Crippen LogP contribution in [0.4, 0.5) is 0 Å². The molecule has 7 heteroatoms. The van der Waals surface area contributed by atoms with Gasteiger partial charge in [0.25, 0.3) is 0 Å². The molecule has 2 heterocycles. The second-order valence-corrected chi connectivity index (χ2v) is 6.57. The lowest BCUT2D eigenvalue weighted by molar-refractivity contribution is 0.0479. The molecular weight excluding hydrogens is 340 g/mol. The minimum absolute atomic E-state index is 0.0306. The van der Waals surface area contributed by atoms with Gasteiger partial charge in [-0.15, -0.1) is 11.3 Å². The van der Waals surface area contributed by atoms with Crippen molar-refractivity contribution in [1.82, 2.24) is 0 Å². The first-order chi connectivity index (χ1) is 11.0. The zero-order valence-electron chi connectivity index (χ0n) is 12.0. The zero-order valence-corrected chi connectivity index (χ0v) is 13.5. The van der Waals surface area contributed by atoms with Crippen molar-refractivity contribution in [3.63, 3.8) is 0 Å². The van der Waals surface area contributed by atoms with Crippen molar-refractivity contribution in [2.45, 2.75) is 13.5 Å². The Morgan fingerprint density at radius 3 is 2.83 bits per heavy atom. The third-order valence-electron chi connectivity index (χ3n) is 3.35. The normalized spacial score (nSPS) is 10.9. The minimum atomic E-state index is -0.573. The van der Waals surface area contributed by atoms with Crippen molar-refractivity contribution in [3.05, 3.63) is 61.1 Å². The van der Waals surface area contributed by atoms with E-state index in [1.807, 2.05) is 0 Å². The molecule has 2 aromatic heterocycles. The highest BCUT2D eigenvalue weighted by molar-refractivity contribution is 7.17. The average molecular weight is 351 g/mol. The molecule has 0 saturated carbocycles. The summed E-state index contributed by atoms with van der Waals surface area (Å²) < 4.78 is 10.9. The smallest absolute Gasteiger partial charge is 0.348 e. The van der Waals surface area contributed by atoms with Gasteiger partial charge in [0.15, 0.2) is 0 Å². The number of esters is 1. The number of aryl methyl sites for hydroxylation is 1. The van der Waals surface area contributed by atoms with Gasteiger partial charge in [0, 0.05) is 22.6 Å². The van der Waals surface area contributed by atoms with E-state index in [1.165, 1.54) is 12.1 Å². The minimum Gasteiger partial charge on any atom is -0.508 e. The van der Waals surface area contributed by atoms with Gasteiger partial charge in [-0.3, -0.25) is 0 Å². The van der Waals surface area contributed by atoms with Crippen molar-refractivity contribution in [3.8, 4) is 5.75 Å². The van der Waals surface area contributed by atoms with Crippen molar-refractivity contribution >= 4 is 39.9 Å². The van der Waals surface area contributed by atoms with Crippen LogP contribution in [0.5, 0.6) is 5.75 Å². The maximum atomic E-state index is 12.0. The first kappa shape index (κ1) is 15.6. The number of rotatable bonds is 3. The molecular formula is C16H11ClO5S. The lowest BCUT2D eigenvalue weighted by Gasteiger charge is -2.08. The number of hydrogen-bond donors (Lipinski definition) is 1. The fourth-order valence-corrected chi connectivity index (χ4v) is 3.11. The molecule has 5 nitrogen and oxygen atoms in total. The quantitative estimate of drug-likeness (QED) is 0.573. The van der Waals surface area contributed by atoms with Gasteiger partial charge in [0.2, 0.25) is 0 Å². The Balaban J connectivity index is 1.92. The average Bonchev–Trinajstić information content (AvgIpc) is 2.95. The lowest BCUT2D eigenvalue weighted by Crippen LogP contribution is -2.07. The summed E-state index contributed by atoms with van der Waals surface area (Å²) >= 11 is 6.91. The first-order valence-electron chi connectivity index (χ1n) is 6.63. The summed E-state index contributed by atoms with van der Waals surface area (Å²) in [5.74, 6) is -0.484. The van der Waals surface area contributed by atoms with E-state index in [2.05, 4.69) is 0 Å². The number of phenolic OH excluding ortho intramolecular Hbond substituents is 1. The predicted octanol–water partition coefficient (Wildman–Crippen LogP) is 3.88. The van der Waals surface area contributed by atoms with E-state index >= 15 is 0 Å². The summed E-state index contributed by atoms with van der Waals surface area (Å²) in [7, 11) is 0. The third kappa shape index (κ3) is 3.09. The summed E-state index contributed by atoms with van der Waals surface area (Å²) in [6.07, 6.45) is 0. The molecule has 0 amide bonds. The second kappa shape index (κ2) is 6.06. The summed E-state index contributed by atoms with van der Waals surface area (Å²) in [5.41, 5.74) is 0.673. The summed E-state index contributed by atoms with van der Waals surface area (Å²) in [4.78, 5) is 24.0. The molecule has 0 bridgehead atoms. The number of carbonyl (C=O) groups is 1. The first-order valence-corrected chi connectivity index (χ1v) is 7.83. The van der Waals surface area contributed by atoms with Crippen molar-refractivity contribution in [1.29, 1.82) is 0 Å². The fourth-order valence-electron chi connectivity index (χ4n) is 2.17. The molecule has 0 saturated heterocycles. The number of fused-ring (bicyclic) bond motifs is 1. The Morgan fingerprint density at radius 2 is 2.13 bits per heavy atom. The van der Waals surface area contributed by atoms with Crippen LogP contribution in [0.25, 0.3) is 11.0 Å². The standard InChI is InChI=1S/C16H11ClO5S/c1-8-11(18)3-2-10-9(6-14(19)22-15(8)10)7-21-16(20)12-4-5-13(17)23-12/h2-6,18H,7H2,1H3. The predicted molar refractivity (Wildman–Crippen MR) is 87.3 cm³/mol. The van der Waals surface area contributed by atoms with Crippen LogP contribution in [0.1, 0.15) is 20.8 Å². The van der Waals surface area contributed by atoms with Crippen LogP contribution in [-0.2, 0) is 11.3 Å². The van der Waals surface area contributed by atoms with E-state index in [-0.39, 0.29) is 17.9 Å². The highest BCUT2D eigenvalue weighted by Gasteiger charge is 2.14. The van der Waals surface area contributed by atoms with E-state index in [4.69, 9.17) is 20.8 Å². The van der Waals surface area contributed by atoms with Crippen molar-refractivity contribution in [2.24, 2.45) is 0 Å². The molecule has 1 N–H and O–H groups in total. The molecule has 1 aromatic carbocycles. The van der Waals surface area contributed by atoms with Crippen LogP contribution >= 0.6 is 22.9 Å². The Hall–Kier alpha value is -2.31. The fraction of sp³-hybridized carbons (Fsp3) is 0.125. The topological polar surface area (TPSA) is 76.7 Å². The van der Waals surface area contributed by atoms with Gasteiger partial charge in [-0.1, -0.05) is 11.6 Å². The number of aromatic hydroxyl groups is 1. The maximum absolute atomic E-state index is 12.0. The van der Waals surface area contributed by atoms with Gasteiger partial charge in [0.05, 0.1) is 4.34 Å². The van der Waals surface area contributed by atoms with E-state index in [0.717, 1.165) is 11.3 Å². The highest BCUT2D eigenvalue weighted by atomic mass is 35.5. The number of benzene rings is 1. The molecule has 0 fully saturated rings. The van der Waals surface area contributed by atoms with Crippen LogP contribution < -0.4 is 5.63 Å². The molecule has 118 valence electrons. The second-order valence-electron chi connectivity index (χ2n) is 4.86. The van der Waals surface area contributed by atoms with Gasteiger partial charge in [0.1, 0.15) is 22.8 Å². The van der Waals surface area contributed by atoms with E-state index < -0.39 is 11.6 Å². The van der Waals surface area contributed by atoms with E-state index in [9.17, 15) is 14.7 Å². The molecule has 0 unspecified atom stereocenters. The largest absolute Gasteiger partial charge is 0.508 e. The molecule has 0 atom stereocenters. The SMILES string of the molecule is Cc1c(O)ccc2c(COC(=O)c3ccc(Cl)s3)cc(=O)oc12. The third-order valence-corrected chi connectivity index (χ3v) is 4.56. The van der Waals surface area contributed by atoms with Crippen molar-refractivity contribution in [2.75, 3.05) is 0 Å². The van der Waals surface area contributed by atoms with Crippen LogP contribution in [0.15, 0.2) is 39.5 Å². The van der Waals surface area contributed by atoms with Crippen LogP contribution in [0, 0.1) is 6.92 Å². The van der Waals surface area contributed by atoms with Gasteiger partial charge >= 0.3 is 11.6 Å². The maximum Gasteiger partial charge on any atom is 0.348 e. The highest BCUT2D eigenvalue weighted by Crippen LogP contribution is 2.28. The Morgan fingerprint density at radius 1 is 1.35 bits per heavy atom. The molecule has 3 rings (SSSR count). The number of thiophene rings is 1. The number of halogens is 1. The number of phenols is 1. The lowest BCUT2D eigenvalue weighted by atomic mass is 10.1. The zero-order chi connectivity index (χ0) is 16.6. The van der Waals surface area contributed by atoms with Gasteiger partial charge in [-0.25, -0.2) is 9.59 Å². The molecule has 0 aliphatic carbocycles. The summed E-state index contributed by atoms with van der Waals surface area (Å²) in [6.45, 7) is 1.56. The van der Waals surface area contributed by atoms with Crippen LogP contribution in [0.2, 0.25) is 4.34 Å². The number of carbonyl (C=O) groups excluding carboxylic acids is 1. The van der Waals surface area contributed by atoms with Gasteiger partial charge in [-0.2, -0.15) is 0 Å². The Bertz CT molecular complexity index is 957. The summed E-state index contributed by atoms with van der Waals surface area (Å²) in [6, 6.07) is 7.58. The van der Waals surface area contributed by atoms with Crippen LogP contribution in [0.3, 0.4) is 0 Å². The molecule has 23 heavy (non-hydrogen) atoms. The van der Waals surface area contributed by atoms with Crippen molar-refractivity contribution < 1.29 is 19.1 Å². The van der Waals surface area contributed by atoms with Gasteiger partial charge < -0.3 is 14.3 Å². The van der Waals surface area contributed by atoms with E-state index in [1.54, 1.807) is 25.1 Å². The monoisotopic (exact) mass is 350 g/mol. The summed E-state index contributed by atoms with van der Waals surface area (Å²) in [5, 5.41) is 10.3. The Kier molecular flexibility index (Phi) is 4.11. The molecule has 3 aromatic rings. The number of ether oxygens (including phenoxy) is 1. The number of hydrogen-bond acceptors (Lipinski definition) is 6. The van der Waals surface area contributed by atoms with E-state index in [0.29, 0.717) is 25.7 Å². The molecule has 0 radical (unpaired) electrons.